The Labute approximate surface area is 163 Å². The van der Waals surface area contributed by atoms with Crippen LogP contribution in [0.3, 0.4) is 0 Å². The van der Waals surface area contributed by atoms with Gasteiger partial charge in [-0.25, -0.2) is 0 Å². The van der Waals surface area contributed by atoms with Gasteiger partial charge in [0, 0.05) is 70.8 Å². The van der Waals surface area contributed by atoms with Gasteiger partial charge in [-0.2, -0.15) is 0 Å². The van der Waals surface area contributed by atoms with Crippen LogP contribution in [0.25, 0.3) is 10.9 Å². The van der Waals surface area contributed by atoms with Gasteiger partial charge in [-0.1, -0.05) is 17.7 Å². The van der Waals surface area contributed by atoms with Crippen molar-refractivity contribution in [3.05, 3.63) is 64.6 Å². The molecule has 1 aliphatic rings. The van der Waals surface area contributed by atoms with Gasteiger partial charge in [0.15, 0.2) is 0 Å². The van der Waals surface area contributed by atoms with E-state index in [1.165, 1.54) is 36.5 Å². The third kappa shape index (κ3) is 2.73. The van der Waals surface area contributed by atoms with Crippen molar-refractivity contribution in [2.45, 2.75) is 39.5 Å². The number of likely N-dealkylation sites (N-methyl/N-ethyl adjacent to an activating group) is 1. The fourth-order valence-corrected chi connectivity index (χ4v) is 2.72. The largest absolute Gasteiger partial charge is 0.344 e. The van der Waals surface area contributed by atoms with Crippen LogP contribution < -0.4 is 0 Å². The van der Waals surface area contributed by atoms with Gasteiger partial charge < -0.3 is 9.47 Å². The number of hydrogen-bond acceptors (Lipinski definition) is 2. The van der Waals surface area contributed by atoms with Gasteiger partial charge in [0.1, 0.15) is 0 Å². The van der Waals surface area contributed by atoms with Gasteiger partial charge in [-0.15, -0.1) is 0 Å². The molecule has 2 aromatic heterocycles. The molecule has 3 aromatic rings. The highest BCUT2D eigenvalue weighted by Gasteiger charge is 2.22. The van der Waals surface area contributed by atoms with Crippen LogP contribution in [0.5, 0.6) is 0 Å². The summed E-state index contributed by atoms with van der Waals surface area (Å²) in [5.74, 6) is 0. The highest BCUT2D eigenvalue weighted by molar-refractivity contribution is 5.86. The van der Waals surface area contributed by atoms with Gasteiger partial charge in [0.2, 0.25) is 0 Å². The van der Waals surface area contributed by atoms with Crippen LogP contribution in [-0.4, -0.2) is 28.0 Å². The van der Waals surface area contributed by atoms with E-state index >= 15 is 0 Å². The lowest BCUT2D eigenvalue weighted by Gasteiger charge is -2.24. The first kappa shape index (κ1) is 6.30. The number of pyridine rings is 1. The molecule has 1 aromatic carbocycles. The molecule has 0 saturated heterocycles. The molecule has 0 radical (unpaired) electrons. The molecule has 3 heteroatoms. The van der Waals surface area contributed by atoms with E-state index in [0.29, 0.717) is 4.90 Å². The Kier molecular flexibility index (Phi) is 1.59. The summed E-state index contributed by atoms with van der Waals surface area (Å²) < 4.78 is 116. The number of fused-ring (bicyclic) bond motifs is 3. The maximum Gasteiger partial charge on any atom is 0.0501 e. The number of hydrogen-bond donors (Lipinski definition) is 0. The molecule has 0 N–H and O–H groups in total. The molecule has 0 saturated carbocycles. The first-order valence-electron chi connectivity index (χ1n) is 14.4. The molecule has 0 aliphatic carbocycles. The van der Waals surface area contributed by atoms with Gasteiger partial charge in [0.05, 0.1) is 2.74 Å². The van der Waals surface area contributed by atoms with E-state index in [1.54, 1.807) is 0 Å². The summed E-state index contributed by atoms with van der Waals surface area (Å²) in [6.45, 7) is -13.1. The first-order valence-corrected chi connectivity index (χ1v) is 7.44. The second-order valence-corrected chi connectivity index (χ2v) is 5.59. The Hall–Kier alpha value is -2.13. The molecule has 3 nitrogen and oxygen atoms in total. The van der Waals surface area contributed by atoms with Crippen molar-refractivity contribution < 1.29 is 19.2 Å². The maximum atomic E-state index is 8.94. The lowest BCUT2D eigenvalue weighted by Crippen LogP contribution is -2.27. The number of nitrogens with zero attached hydrogens (tertiary/aromatic N) is 3. The van der Waals surface area contributed by atoms with Gasteiger partial charge in [-0.3, -0.25) is 4.98 Å². The number of rotatable bonds is 3. The van der Waals surface area contributed by atoms with Crippen LogP contribution in [0.15, 0.2) is 36.5 Å². The number of aryl methyl sites for hydroxylation is 4. The molecular weight excluding hydrogens is 294 g/mol. The van der Waals surface area contributed by atoms with Crippen LogP contribution in [0.2, 0.25) is 0 Å². The molecule has 0 unspecified atom stereocenters. The van der Waals surface area contributed by atoms with Crippen molar-refractivity contribution in [2.24, 2.45) is 0 Å². The average molecular weight is 334 g/mol. The Morgan fingerprint density at radius 2 is 2.25 bits per heavy atom. The zero-order chi connectivity index (χ0) is 28.9. The van der Waals surface area contributed by atoms with Gasteiger partial charge >= 0.3 is 0 Å². The van der Waals surface area contributed by atoms with E-state index in [1.807, 2.05) is 0 Å². The van der Waals surface area contributed by atoms with Crippen LogP contribution in [0.4, 0.5) is 0 Å². The average Bonchev–Trinajstić information content (AvgIpc) is 3.13. The molecule has 0 spiro atoms. The maximum absolute atomic E-state index is 8.94. The fourth-order valence-electron chi connectivity index (χ4n) is 2.72. The zero-order valence-corrected chi connectivity index (χ0v) is 13.0. The van der Waals surface area contributed by atoms with E-state index in [0.717, 1.165) is 11.6 Å². The molecule has 124 valence electrons. The molecule has 0 atom stereocenters. The quantitative estimate of drug-likeness (QED) is 0.725. The van der Waals surface area contributed by atoms with Crippen molar-refractivity contribution in [2.75, 3.05) is 13.5 Å². The molecule has 0 bridgehead atoms. The van der Waals surface area contributed by atoms with Crippen LogP contribution >= 0.6 is 0 Å². The van der Waals surface area contributed by atoms with Gasteiger partial charge in [0.25, 0.3) is 0 Å². The Morgan fingerprint density at radius 3 is 3.04 bits per heavy atom. The molecule has 3 heterocycles. The molecular formula is C21H25N3. The molecule has 24 heavy (non-hydrogen) atoms. The standard InChI is InChI=1S/C21H25N3/c1-15-4-7-20-18(12-15)19-14-23(3)10-9-21(19)24(20)11-8-17-6-5-16(2)22-13-17/h4-7,12-13H,8-11,14H2,1-3H3/i1D3,2D3,9D2,10D2,11D2,14D2. The van der Waals surface area contributed by atoms with Crippen LogP contribution in [-0.2, 0) is 25.8 Å². The number of benzene rings is 1. The second kappa shape index (κ2) is 6.06. The van der Waals surface area contributed by atoms with E-state index in [2.05, 4.69) is 4.98 Å². The molecule has 0 amide bonds. The van der Waals surface area contributed by atoms with Crippen molar-refractivity contribution in [3.8, 4) is 0 Å². The smallest absolute Gasteiger partial charge is 0.0501 e. The molecule has 1 aliphatic heterocycles. The van der Waals surface area contributed by atoms with E-state index in [4.69, 9.17) is 19.2 Å². The van der Waals surface area contributed by atoms with Crippen molar-refractivity contribution in [1.29, 1.82) is 0 Å². The van der Waals surface area contributed by atoms with Crippen molar-refractivity contribution in [3.63, 3.8) is 0 Å². The van der Waals surface area contributed by atoms with Gasteiger partial charge in [-0.05, 0) is 56.5 Å². The van der Waals surface area contributed by atoms with E-state index < -0.39 is 51.7 Å². The summed E-state index contributed by atoms with van der Waals surface area (Å²) >= 11 is 0. The lowest BCUT2D eigenvalue weighted by molar-refractivity contribution is 0.309. The highest BCUT2D eigenvalue weighted by atomic mass is 15.1. The minimum Gasteiger partial charge on any atom is -0.344 e. The minimum absolute atomic E-state index is 0.0149. The van der Waals surface area contributed by atoms with Crippen molar-refractivity contribution >= 4 is 10.9 Å². The Balaban J connectivity index is 2.03. The van der Waals surface area contributed by atoms with Crippen molar-refractivity contribution in [1.82, 2.24) is 14.5 Å². The SMILES string of the molecule is [2H]C([2H])([2H])c1ccc2c(c1)c1c(n2C([2H])([2H])Cc2ccc(C([2H])([2H])[2H])nc2)C([2H])([2H])C([2H])([2H])N(C)C1([2H])[2H]. The fraction of sp³-hybridized carbons (Fsp3) is 0.381. The predicted octanol–water partition coefficient (Wildman–Crippen LogP) is 3.88. The summed E-state index contributed by atoms with van der Waals surface area (Å²) in [7, 11) is 1.07. The van der Waals surface area contributed by atoms with Crippen LogP contribution in [0.1, 0.15) is 47.3 Å². The molecule has 4 rings (SSSR count). The molecule has 0 fully saturated rings. The highest BCUT2D eigenvalue weighted by Crippen LogP contribution is 2.31. The van der Waals surface area contributed by atoms with E-state index in [9.17, 15) is 0 Å². The zero-order valence-electron chi connectivity index (χ0n) is 27.0. The summed E-state index contributed by atoms with van der Waals surface area (Å²) in [6, 6.07) is 6.27. The monoisotopic (exact) mass is 333 g/mol. The summed E-state index contributed by atoms with van der Waals surface area (Å²) in [5, 5.41) is -0.0513. The van der Waals surface area contributed by atoms with E-state index in [-0.39, 0.29) is 33.3 Å². The third-order valence-corrected chi connectivity index (χ3v) is 3.85. The first-order chi connectivity index (χ1) is 17.0. The minimum atomic E-state index is -2.93. The summed E-state index contributed by atoms with van der Waals surface area (Å²) in [6.07, 6.45) is -2.19. The summed E-state index contributed by atoms with van der Waals surface area (Å²) in [4.78, 5) is 4.47. The predicted molar refractivity (Wildman–Crippen MR) is 99.4 cm³/mol. The lowest BCUT2D eigenvalue weighted by atomic mass is 10.0. The number of aromatic nitrogens is 2. The second-order valence-electron chi connectivity index (χ2n) is 5.59. The van der Waals surface area contributed by atoms with Crippen LogP contribution in [0, 0.1) is 13.7 Å². The Bertz CT molecular complexity index is 1380. The topological polar surface area (TPSA) is 21.1 Å². The summed E-state index contributed by atoms with van der Waals surface area (Å²) in [5.41, 5.74) is -1.05. The third-order valence-electron chi connectivity index (χ3n) is 3.85. The normalized spacial score (nSPS) is 31.5. The Morgan fingerprint density at radius 1 is 1.29 bits per heavy atom.